The van der Waals surface area contributed by atoms with Crippen molar-refractivity contribution >= 4 is 46.7 Å². The van der Waals surface area contributed by atoms with Crippen molar-refractivity contribution in [2.24, 2.45) is 5.10 Å². The van der Waals surface area contributed by atoms with Gasteiger partial charge in [0.1, 0.15) is 17.2 Å². The molecule has 0 saturated carbocycles. The molecule has 1 N–H and O–H groups in total. The molecule has 1 amide bonds. The van der Waals surface area contributed by atoms with Crippen molar-refractivity contribution in [1.82, 2.24) is 10.4 Å². The zero-order valence-corrected chi connectivity index (χ0v) is 17.5. The summed E-state index contributed by atoms with van der Waals surface area (Å²) in [5.74, 6) is 0.433. The van der Waals surface area contributed by atoms with Crippen LogP contribution in [0.3, 0.4) is 0 Å². The molecule has 28 heavy (non-hydrogen) atoms. The number of hydrogen-bond acceptors (Lipinski definition) is 5. The van der Waals surface area contributed by atoms with Gasteiger partial charge in [0, 0.05) is 15.6 Å². The van der Waals surface area contributed by atoms with Crippen LogP contribution >= 0.6 is 34.5 Å². The molecule has 0 saturated heterocycles. The fraction of sp³-hybridized carbons (Fsp3) is 0.150. The lowest BCUT2D eigenvalue weighted by atomic mass is 10.2. The monoisotopic (exact) mass is 433 g/mol. The number of ether oxygens (including phenoxy) is 1. The van der Waals surface area contributed by atoms with Crippen molar-refractivity contribution in [3.8, 4) is 5.75 Å². The second kappa shape index (κ2) is 9.19. The maximum Gasteiger partial charge on any atom is 0.283 e. The average molecular weight is 434 g/mol. The Bertz CT molecular complexity index is 1020. The predicted molar refractivity (Wildman–Crippen MR) is 114 cm³/mol. The van der Waals surface area contributed by atoms with Crippen LogP contribution in [0.2, 0.25) is 10.0 Å². The lowest BCUT2D eigenvalue weighted by Crippen LogP contribution is -2.17. The fourth-order valence-corrected chi connectivity index (χ4v) is 3.68. The minimum atomic E-state index is -0.265. The first-order valence-corrected chi connectivity index (χ1v) is 9.94. The zero-order chi connectivity index (χ0) is 20.1. The van der Waals surface area contributed by atoms with Crippen LogP contribution in [-0.4, -0.2) is 17.1 Å². The lowest BCUT2D eigenvalue weighted by Gasteiger charge is -2.08. The van der Waals surface area contributed by atoms with E-state index in [1.54, 1.807) is 25.3 Å². The Labute approximate surface area is 177 Å². The van der Waals surface area contributed by atoms with Gasteiger partial charge in [0.25, 0.3) is 5.91 Å². The lowest BCUT2D eigenvalue weighted by molar-refractivity contribution is 0.0958. The number of carbonyl (C=O) groups excluding carboxylic acids is 1. The SMILES string of the molecule is Cc1nc(C)c(C(=O)N/N=C/c2ccc(OCc3ccc(Cl)cc3Cl)cc2)s1. The van der Waals surface area contributed by atoms with Crippen LogP contribution in [0, 0.1) is 13.8 Å². The Morgan fingerprint density at radius 2 is 1.96 bits per heavy atom. The molecule has 0 bridgehead atoms. The highest BCUT2D eigenvalue weighted by Gasteiger charge is 2.12. The summed E-state index contributed by atoms with van der Waals surface area (Å²) in [5.41, 5.74) is 4.91. The highest BCUT2D eigenvalue weighted by Crippen LogP contribution is 2.23. The molecule has 0 radical (unpaired) electrons. The van der Waals surface area contributed by atoms with E-state index in [2.05, 4.69) is 15.5 Å². The van der Waals surface area contributed by atoms with Gasteiger partial charge in [-0.1, -0.05) is 29.3 Å². The molecule has 8 heteroatoms. The van der Waals surface area contributed by atoms with E-state index in [0.717, 1.165) is 16.1 Å². The van der Waals surface area contributed by atoms with Crippen molar-refractivity contribution in [3.63, 3.8) is 0 Å². The van der Waals surface area contributed by atoms with E-state index in [9.17, 15) is 4.79 Å². The summed E-state index contributed by atoms with van der Waals surface area (Å²) in [6, 6.07) is 12.6. The number of thiazole rings is 1. The second-order valence-electron chi connectivity index (χ2n) is 5.94. The largest absolute Gasteiger partial charge is 0.489 e. The molecule has 3 aromatic rings. The predicted octanol–water partition coefficient (Wildman–Crippen LogP) is 5.41. The molecular formula is C20H17Cl2N3O2S. The molecule has 3 rings (SSSR count). The molecule has 1 aromatic heterocycles. The van der Waals surface area contributed by atoms with Gasteiger partial charge < -0.3 is 4.74 Å². The number of rotatable bonds is 6. The fourth-order valence-electron chi connectivity index (χ4n) is 2.41. The third-order valence-electron chi connectivity index (χ3n) is 3.78. The molecule has 0 aliphatic rings. The van der Waals surface area contributed by atoms with Gasteiger partial charge in [-0.05, 0) is 55.8 Å². The molecule has 0 atom stereocenters. The van der Waals surface area contributed by atoms with Gasteiger partial charge in [-0.2, -0.15) is 5.10 Å². The molecule has 144 valence electrons. The summed E-state index contributed by atoms with van der Waals surface area (Å²) in [7, 11) is 0. The number of benzene rings is 2. The Morgan fingerprint density at radius 3 is 2.61 bits per heavy atom. The minimum absolute atomic E-state index is 0.265. The number of carbonyl (C=O) groups is 1. The first-order chi connectivity index (χ1) is 13.4. The number of halogens is 2. The molecule has 1 heterocycles. The van der Waals surface area contributed by atoms with Gasteiger partial charge in [-0.25, -0.2) is 10.4 Å². The number of aromatic nitrogens is 1. The van der Waals surface area contributed by atoms with E-state index in [1.807, 2.05) is 37.3 Å². The molecular weight excluding hydrogens is 417 g/mol. The van der Waals surface area contributed by atoms with Crippen molar-refractivity contribution < 1.29 is 9.53 Å². The maximum atomic E-state index is 12.1. The van der Waals surface area contributed by atoms with Crippen molar-refractivity contribution in [2.75, 3.05) is 0 Å². The smallest absolute Gasteiger partial charge is 0.283 e. The summed E-state index contributed by atoms with van der Waals surface area (Å²) in [4.78, 5) is 16.9. The van der Waals surface area contributed by atoms with Crippen molar-refractivity contribution in [1.29, 1.82) is 0 Å². The molecule has 0 spiro atoms. The standard InChI is InChI=1S/C20H17Cl2N3O2S/c1-12-19(28-13(2)24-12)20(26)25-23-10-14-3-7-17(8-4-14)27-11-15-5-6-16(21)9-18(15)22/h3-10H,11H2,1-2H3,(H,25,26)/b23-10+. The summed E-state index contributed by atoms with van der Waals surface area (Å²) in [6.45, 7) is 4.01. The van der Waals surface area contributed by atoms with Gasteiger partial charge in [0.15, 0.2) is 0 Å². The number of nitrogens with one attached hydrogen (secondary N) is 1. The van der Waals surface area contributed by atoms with Gasteiger partial charge in [-0.15, -0.1) is 11.3 Å². The second-order valence-corrected chi connectivity index (χ2v) is 7.99. The molecule has 0 unspecified atom stereocenters. The number of aryl methyl sites for hydroxylation is 2. The van der Waals surface area contributed by atoms with E-state index < -0.39 is 0 Å². The Morgan fingerprint density at radius 1 is 1.21 bits per heavy atom. The van der Waals surface area contributed by atoms with Crippen LogP contribution in [0.5, 0.6) is 5.75 Å². The Kier molecular flexibility index (Phi) is 6.67. The number of hydrogen-bond donors (Lipinski definition) is 1. The maximum absolute atomic E-state index is 12.1. The third kappa shape index (κ3) is 5.32. The van der Waals surface area contributed by atoms with Crippen LogP contribution in [0.1, 0.15) is 31.5 Å². The topological polar surface area (TPSA) is 63.6 Å². The summed E-state index contributed by atoms with van der Waals surface area (Å²) < 4.78 is 5.74. The Hall–Kier alpha value is -2.41. The van der Waals surface area contributed by atoms with Crippen LogP contribution in [0.15, 0.2) is 47.6 Å². The van der Waals surface area contributed by atoms with Gasteiger partial charge in [-0.3, -0.25) is 4.79 Å². The van der Waals surface area contributed by atoms with Crippen LogP contribution in [0.4, 0.5) is 0 Å². The summed E-state index contributed by atoms with van der Waals surface area (Å²) in [6.07, 6.45) is 1.57. The number of hydrazone groups is 1. The van der Waals surface area contributed by atoms with E-state index in [1.165, 1.54) is 11.3 Å². The van der Waals surface area contributed by atoms with E-state index in [0.29, 0.717) is 33.0 Å². The first kappa shape index (κ1) is 20.3. The quantitative estimate of drug-likeness (QED) is 0.417. The molecule has 2 aromatic carbocycles. The highest BCUT2D eigenvalue weighted by molar-refractivity contribution is 7.13. The molecule has 0 fully saturated rings. The van der Waals surface area contributed by atoms with E-state index >= 15 is 0 Å². The third-order valence-corrected chi connectivity index (χ3v) is 5.44. The van der Waals surface area contributed by atoms with Gasteiger partial charge in [0.2, 0.25) is 0 Å². The normalized spacial score (nSPS) is 11.0. The van der Waals surface area contributed by atoms with Crippen LogP contribution in [-0.2, 0) is 6.61 Å². The average Bonchev–Trinajstić information content (AvgIpc) is 3.00. The summed E-state index contributed by atoms with van der Waals surface area (Å²) >= 11 is 13.4. The molecule has 5 nitrogen and oxygen atoms in total. The highest BCUT2D eigenvalue weighted by atomic mass is 35.5. The zero-order valence-electron chi connectivity index (χ0n) is 15.2. The number of amides is 1. The van der Waals surface area contributed by atoms with Crippen LogP contribution < -0.4 is 10.2 Å². The minimum Gasteiger partial charge on any atom is -0.489 e. The molecule has 0 aliphatic heterocycles. The Balaban J connectivity index is 1.54. The van der Waals surface area contributed by atoms with Crippen LogP contribution in [0.25, 0.3) is 0 Å². The first-order valence-electron chi connectivity index (χ1n) is 8.36. The van der Waals surface area contributed by atoms with Gasteiger partial charge >= 0.3 is 0 Å². The van der Waals surface area contributed by atoms with Crippen molar-refractivity contribution in [3.05, 3.63) is 79.2 Å². The molecule has 0 aliphatic carbocycles. The van der Waals surface area contributed by atoms with Gasteiger partial charge in [0.05, 0.1) is 16.9 Å². The van der Waals surface area contributed by atoms with Crippen molar-refractivity contribution in [2.45, 2.75) is 20.5 Å². The van der Waals surface area contributed by atoms with E-state index in [4.69, 9.17) is 27.9 Å². The number of nitrogens with zero attached hydrogens (tertiary/aromatic N) is 2. The summed E-state index contributed by atoms with van der Waals surface area (Å²) in [5, 5.41) is 6.00. The van der Waals surface area contributed by atoms with E-state index in [-0.39, 0.29) is 5.91 Å².